The first kappa shape index (κ1) is 18.3. The Labute approximate surface area is 168 Å². The zero-order chi connectivity index (χ0) is 19.7. The second kappa shape index (κ2) is 7.49. The number of ether oxygens (including phenoxy) is 1. The lowest BCUT2D eigenvalue weighted by Crippen LogP contribution is -2.04. The summed E-state index contributed by atoms with van der Waals surface area (Å²) in [5.41, 5.74) is 6.04. The number of benzene rings is 2. The summed E-state index contributed by atoms with van der Waals surface area (Å²) >= 11 is 6.30. The van der Waals surface area contributed by atoms with Crippen molar-refractivity contribution in [3.63, 3.8) is 0 Å². The Balaban J connectivity index is 1.85. The number of fused-ring (bicyclic) bond motifs is 1. The van der Waals surface area contributed by atoms with Crippen LogP contribution in [0.5, 0.6) is 0 Å². The average molecular weight is 391 g/mol. The average Bonchev–Trinajstić information content (AvgIpc) is 2.99. The molecule has 2 heterocycles. The number of rotatable bonds is 4. The Hall–Kier alpha value is -3.11. The minimum Gasteiger partial charge on any atom is -0.465 e. The normalized spacial score (nSPS) is 11.0. The summed E-state index contributed by atoms with van der Waals surface area (Å²) in [6.45, 7) is 2.77. The van der Waals surface area contributed by atoms with Crippen molar-refractivity contribution >= 4 is 28.5 Å². The van der Waals surface area contributed by atoms with Gasteiger partial charge >= 0.3 is 5.97 Å². The highest BCUT2D eigenvalue weighted by Gasteiger charge is 2.17. The number of aryl methyl sites for hydroxylation is 1. The highest BCUT2D eigenvalue weighted by Crippen LogP contribution is 2.35. The van der Waals surface area contributed by atoms with E-state index in [2.05, 4.69) is 28.6 Å². The van der Waals surface area contributed by atoms with E-state index in [1.807, 2.05) is 36.5 Å². The Morgan fingerprint density at radius 2 is 1.93 bits per heavy atom. The molecule has 0 saturated heterocycles. The lowest BCUT2D eigenvalue weighted by Gasteiger charge is -2.12. The molecule has 0 N–H and O–H groups in total. The first-order valence-electron chi connectivity index (χ1n) is 8.94. The Morgan fingerprint density at radius 1 is 1.14 bits per heavy atom. The molecule has 140 valence electrons. The summed E-state index contributed by atoms with van der Waals surface area (Å²) in [5.74, 6) is -0.336. The van der Waals surface area contributed by atoms with Crippen LogP contribution in [0.25, 0.3) is 22.2 Å². The monoisotopic (exact) mass is 390 g/mol. The number of pyridine rings is 1. The summed E-state index contributed by atoms with van der Waals surface area (Å²) in [5, 5.41) is 1.86. The number of aromatic nitrogens is 2. The van der Waals surface area contributed by atoms with E-state index < -0.39 is 0 Å². The van der Waals surface area contributed by atoms with Gasteiger partial charge in [-0.3, -0.25) is 4.98 Å². The van der Waals surface area contributed by atoms with Crippen LogP contribution in [0.15, 0.2) is 67.0 Å². The van der Waals surface area contributed by atoms with Crippen LogP contribution in [-0.2, 0) is 11.3 Å². The molecule has 0 radical (unpaired) electrons. The molecule has 0 atom stereocenters. The second-order valence-electron chi connectivity index (χ2n) is 6.65. The SMILES string of the molecule is COC(=O)c1ccc(Cn2c(-c3cccnc3)c(C)c3ccc(Cl)cc32)cc1. The molecule has 0 aliphatic carbocycles. The minimum absolute atomic E-state index is 0.336. The number of hydrogen-bond acceptors (Lipinski definition) is 3. The van der Waals surface area contributed by atoms with Crippen LogP contribution in [0.2, 0.25) is 5.02 Å². The molecule has 0 saturated carbocycles. The van der Waals surface area contributed by atoms with Gasteiger partial charge in [-0.2, -0.15) is 0 Å². The molecule has 2 aromatic carbocycles. The maximum absolute atomic E-state index is 11.7. The predicted molar refractivity (Wildman–Crippen MR) is 112 cm³/mol. The van der Waals surface area contributed by atoms with Crippen LogP contribution in [0, 0.1) is 6.92 Å². The smallest absolute Gasteiger partial charge is 0.337 e. The lowest BCUT2D eigenvalue weighted by atomic mass is 10.1. The molecule has 0 fully saturated rings. The molecule has 0 amide bonds. The van der Waals surface area contributed by atoms with Gasteiger partial charge in [0.25, 0.3) is 0 Å². The maximum Gasteiger partial charge on any atom is 0.337 e. The fourth-order valence-corrected chi connectivity index (χ4v) is 3.75. The Morgan fingerprint density at radius 3 is 2.61 bits per heavy atom. The standard InChI is InChI=1S/C23H19ClN2O2/c1-15-20-10-9-19(24)12-21(20)26(22(15)18-4-3-11-25-13-18)14-16-5-7-17(8-6-16)23(27)28-2/h3-13H,14H2,1-2H3. The van der Waals surface area contributed by atoms with Crippen LogP contribution < -0.4 is 0 Å². The molecule has 28 heavy (non-hydrogen) atoms. The van der Waals surface area contributed by atoms with Crippen LogP contribution in [0.3, 0.4) is 0 Å². The zero-order valence-electron chi connectivity index (χ0n) is 15.6. The quantitative estimate of drug-likeness (QED) is 0.432. The maximum atomic E-state index is 11.7. The van der Waals surface area contributed by atoms with Gasteiger partial charge in [-0.25, -0.2) is 4.79 Å². The molecule has 0 bridgehead atoms. The third-order valence-corrected chi connectivity index (χ3v) is 5.17. The van der Waals surface area contributed by atoms with E-state index >= 15 is 0 Å². The van der Waals surface area contributed by atoms with Gasteiger partial charge in [0, 0.05) is 34.9 Å². The predicted octanol–water partition coefficient (Wildman–Crippen LogP) is 5.50. The fourth-order valence-electron chi connectivity index (χ4n) is 3.58. The molecule has 5 heteroatoms. The molecular weight excluding hydrogens is 372 g/mol. The van der Waals surface area contributed by atoms with E-state index in [0.29, 0.717) is 17.1 Å². The van der Waals surface area contributed by atoms with Gasteiger partial charge in [0.2, 0.25) is 0 Å². The van der Waals surface area contributed by atoms with Crippen molar-refractivity contribution in [3.8, 4) is 11.3 Å². The van der Waals surface area contributed by atoms with E-state index in [-0.39, 0.29) is 5.97 Å². The number of nitrogens with zero attached hydrogens (tertiary/aromatic N) is 2. The van der Waals surface area contributed by atoms with E-state index in [0.717, 1.165) is 27.7 Å². The van der Waals surface area contributed by atoms with Crippen molar-refractivity contribution in [1.29, 1.82) is 0 Å². The fraction of sp³-hybridized carbons (Fsp3) is 0.130. The Bertz CT molecular complexity index is 1150. The number of hydrogen-bond donors (Lipinski definition) is 0. The molecule has 0 aliphatic rings. The lowest BCUT2D eigenvalue weighted by molar-refractivity contribution is 0.0600. The summed E-state index contributed by atoms with van der Waals surface area (Å²) in [6, 6.07) is 17.4. The van der Waals surface area contributed by atoms with Crippen molar-refractivity contribution in [2.75, 3.05) is 7.11 Å². The van der Waals surface area contributed by atoms with Gasteiger partial charge in [-0.05, 0) is 54.4 Å². The van der Waals surface area contributed by atoms with Crippen LogP contribution in [0.1, 0.15) is 21.5 Å². The largest absolute Gasteiger partial charge is 0.465 e. The van der Waals surface area contributed by atoms with Crippen LogP contribution in [0.4, 0.5) is 0 Å². The van der Waals surface area contributed by atoms with Gasteiger partial charge in [0.05, 0.1) is 23.9 Å². The highest BCUT2D eigenvalue weighted by molar-refractivity contribution is 6.31. The first-order valence-corrected chi connectivity index (χ1v) is 9.32. The van der Waals surface area contributed by atoms with E-state index in [9.17, 15) is 4.79 Å². The molecule has 4 rings (SSSR count). The Kier molecular flexibility index (Phi) is 4.88. The minimum atomic E-state index is -0.336. The molecule has 4 aromatic rings. The summed E-state index contributed by atoms with van der Waals surface area (Å²) in [4.78, 5) is 16.0. The number of esters is 1. The molecule has 0 spiro atoms. The summed E-state index contributed by atoms with van der Waals surface area (Å²) in [7, 11) is 1.38. The third-order valence-electron chi connectivity index (χ3n) is 4.93. The number of halogens is 1. The zero-order valence-corrected chi connectivity index (χ0v) is 16.4. The van der Waals surface area contributed by atoms with E-state index in [1.165, 1.54) is 12.7 Å². The van der Waals surface area contributed by atoms with Gasteiger partial charge in [-0.15, -0.1) is 0 Å². The van der Waals surface area contributed by atoms with Gasteiger partial charge in [0.1, 0.15) is 0 Å². The van der Waals surface area contributed by atoms with Crippen molar-refractivity contribution in [1.82, 2.24) is 9.55 Å². The van der Waals surface area contributed by atoms with Crippen molar-refractivity contribution in [3.05, 3.63) is 88.7 Å². The van der Waals surface area contributed by atoms with Crippen LogP contribution in [-0.4, -0.2) is 22.6 Å². The molecule has 0 unspecified atom stereocenters. The first-order chi connectivity index (χ1) is 13.6. The summed E-state index contributed by atoms with van der Waals surface area (Å²) in [6.07, 6.45) is 3.65. The van der Waals surface area contributed by atoms with Crippen molar-refractivity contribution in [2.45, 2.75) is 13.5 Å². The third kappa shape index (κ3) is 3.27. The summed E-state index contributed by atoms with van der Waals surface area (Å²) < 4.78 is 7.03. The number of carbonyl (C=O) groups excluding carboxylic acids is 1. The van der Waals surface area contributed by atoms with E-state index in [4.69, 9.17) is 16.3 Å². The van der Waals surface area contributed by atoms with Gasteiger partial charge < -0.3 is 9.30 Å². The molecule has 2 aromatic heterocycles. The highest BCUT2D eigenvalue weighted by atomic mass is 35.5. The topological polar surface area (TPSA) is 44.1 Å². The number of carbonyl (C=O) groups is 1. The number of methoxy groups -OCH3 is 1. The van der Waals surface area contributed by atoms with Gasteiger partial charge in [-0.1, -0.05) is 29.8 Å². The van der Waals surface area contributed by atoms with Crippen molar-refractivity contribution < 1.29 is 9.53 Å². The molecule has 0 aliphatic heterocycles. The molecule has 4 nitrogen and oxygen atoms in total. The molecular formula is C23H19ClN2O2. The van der Waals surface area contributed by atoms with Crippen LogP contribution >= 0.6 is 11.6 Å². The van der Waals surface area contributed by atoms with Gasteiger partial charge in [0.15, 0.2) is 0 Å². The second-order valence-corrected chi connectivity index (χ2v) is 7.09. The van der Waals surface area contributed by atoms with Crippen molar-refractivity contribution in [2.24, 2.45) is 0 Å². The van der Waals surface area contributed by atoms with E-state index in [1.54, 1.807) is 18.3 Å².